The fraction of sp³-hybridized carbons (Fsp3) is 0.636. The van der Waals surface area contributed by atoms with E-state index in [-0.39, 0.29) is 11.8 Å². The summed E-state index contributed by atoms with van der Waals surface area (Å²) in [7, 11) is 0. The lowest BCUT2D eigenvalue weighted by molar-refractivity contribution is -0.121. The lowest BCUT2D eigenvalue weighted by atomic mass is 9.93. The number of carbonyl (C=O) groups is 1. The van der Waals surface area contributed by atoms with E-state index in [0.29, 0.717) is 11.9 Å². The van der Waals surface area contributed by atoms with E-state index < -0.39 is 0 Å². The molecule has 0 aromatic carbocycles. The van der Waals surface area contributed by atoms with Gasteiger partial charge in [-0.25, -0.2) is 14.7 Å². The van der Waals surface area contributed by atoms with Gasteiger partial charge in [0.2, 0.25) is 11.9 Å². The van der Waals surface area contributed by atoms with Gasteiger partial charge in [-0.3, -0.25) is 4.79 Å². The third-order valence-corrected chi connectivity index (χ3v) is 3.33. The highest BCUT2D eigenvalue weighted by molar-refractivity contribution is 5.90. The summed E-state index contributed by atoms with van der Waals surface area (Å²) in [5.74, 6) is 1.03. The number of amides is 1. The largest absolute Gasteiger partial charge is 0.368 e. The van der Waals surface area contributed by atoms with Gasteiger partial charge in [-0.1, -0.05) is 20.3 Å². The minimum absolute atomic E-state index is 0.0850. The summed E-state index contributed by atoms with van der Waals surface area (Å²) in [6, 6.07) is 0. The first kappa shape index (κ1) is 11.0. The van der Waals surface area contributed by atoms with Gasteiger partial charge in [0.15, 0.2) is 0 Å². The molecule has 0 radical (unpaired) electrons. The smallest absolute Gasteiger partial charge is 0.244 e. The van der Waals surface area contributed by atoms with Gasteiger partial charge >= 0.3 is 0 Å². The summed E-state index contributed by atoms with van der Waals surface area (Å²) in [5.41, 5.74) is 5.71. The first-order valence-electron chi connectivity index (χ1n) is 5.75. The Morgan fingerprint density at radius 1 is 1.62 bits per heavy atom. The molecular formula is C11H18N4O. The van der Waals surface area contributed by atoms with E-state index in [4.69, 9.17) is 5.73 Å². The first-order chi connectivity index (χ1) is 7.65. The predicted octanol–water partition coefficient (Wildman–Crippen LogP) is 0.996. The van der Waals surface area contributed by atoms with Crippen LogP contribution in [0.1, 0.15) is 26.7 Å². The van der Waals surface area contributed by atoms with Crippen LogP contribution in [0.15, 0.2) is 12.4 Å². The van der Waals surface area contributed by atoms with Crippen molar-refractivity contribution in [3.8, 4) is 0 Å². The highest BCUT2D eigenvalue weighted by Gasteiger charge is 2.37. The number of aromatic nitrogens is 2. The maximum Gasteiger partial charge on any atom is 0.244 e. The average molecular weight is 222 g/mol. The van der Waals surface area contributed by atoms with E-state index in [1.807, 2.05) is 6.92 Å². The third kappa shape index (κ3) is 1.66. The van der Waals surface area contributed by atoms with Crippen molar-refractivity contribution in [2.24, 2.45) is 11.8 Å². The molecule has 2 N–H and O–H groups in total. The molecule has 2 rings (SSSR count). The molecule has 0 bridgehead atoms. The maximum absolute atomic E-state index is 12.1. The quantitative estimate of drug-likeness (QED) is 0.829. The Hall–Kier alpha value is -1.52. The summed E-state index contributed by atoms with van der Waals surface area (Å²) in [5, 5.41) is 1.70. The molecular weight excluding hydrogens is 204 g/mol. The molecule has 1 amide bonds. The van der Waals surface area contributed by atoms with E-state index >= 15 is 0 Å². The van der Waals surface area contributed by atoms with E-state index in [9.17, 15) is 4.79 Å². The number of nitrogens with two attached hydrogens (primary N) is 1. The van der Waals surface area contributed by atoms with Crippen molar-refractivity contribution in [3.05, 3.63) is 12.4 Å². The number of imidazole rings is 1. The number of hydrogen-bond donors (Lipinski definition) is 1. The van der Waals surface area contributed by atoms with Crippen LogP contribution in [0.2, 0.25) is 0 Å². The lowest BCUT2D eigenvalue weighted by Gasteiger charge is -2.18. The number of carbonyl (C=O) groups excluding carboxylic acids is 1. The maximum atomic E-state index is 12.1. The van der Waals surface area contributed by atoms with Gasteiger partial charge in [0, 0.05) is 24.9 Å². The molecule has 1 aromatic heterocycles. The van der Waals surface area contributed by atoms with Crippen molar-refractivity contribution < 1.29 is 4.79 Å². The number of nitrogens with zero attached hydrogens (tertiary/aromatic N) is 3. The topological polar surface area (TPSA) is 64.2 Å². The van der Waals surface area contributed by atoms with Crippen LogP contribution in [0.4, 0.5) is 5.95 Å². The summed E-state index contributed by atoms with van der Waals surface area (Å²) in [6.45, 7) is 4.88. The number of anilines is 1. The second kappa shape index (κ2) is 4.15. The van der Waals surface area contributed by atoms with Crippen LogP contribution in [0.5, 0.6) is 0 Å². The molecule has 88 valence electrons. The van der Waals surface area contributed by atoms with Gasteiger partial charge in [0.25, 0.3) is 0 Å². The van der Waals surface area contributed by atoms with Crippen molar-refractivity contribution in [1.82, 2.24) is 9.66 Å². The zero-order chi connectivity index (χ0) is 11.7. The minimum atomic E-state index is 0.0850. The molecule has 0 aliphatic carbocycles. The molecule has 0 spiro atoms. The first-order valence-corrected chi connectivity index (χ1v) is 5.75. The van der Waals surface area contributed by atoms with Crippen LogP contribution in [-0.2, 0) is 4.79 Å². The second-order valence-electron chi connectivity index (χ2n) is 4.39. The highest BCUT2D eigenvalue weighted by atomic mass is 16.2. The fourth-order valence-corrected chi connectivity index (χ4v) is 2.33. The van der Waals surface area contributed by atoms with Gasteiger partial charge < -0.3 is 5.73 Å². The zero-order valence-electron chi connectivity index (χ0n) is 9.76. The summed E-state index contributed by atoms with van der Waals surface area (Å²) in [4.78, 5) is 16.0. The average Bonchev–Trinajstić information content (AvgIpc) is 2.78. The second-order valence-corrected chi connectivity index (χ2v) is 4.39. The Kier molecular flexibility index (Phi) is 2.85. The Morgan fingerprint density at radius 3 is 2.94 bits per heavy atom. The molecule has 1 aromatic rings. The highest BCUT2D eigenvalue weighted by Crippen LogP contribution is 2.27. The third-order valence-electron chi connectivity index (χ3n) is 3.33. The lowest BCUT2D eigenvalue weighted by Crippen LogP contribution is -2.37. The van der Waals surface area contributed by atoms with Crippen LogP contribution in [0.25, 0.3) is 0 Å². The Morgan fingerprint density at radius 2 is 2.38 bits per heavy atom. The monoisotopic (exact) mass is 222 g/mol. The van der Waals surface area contributed by atoms with Gasteiger partial charge in [0.1, 0.15) is 0 Å². The zero-order valence-corrected chi connectivity index (χ0v) is 9.76. The summed E-state index contributed by atoms with van der Waals surface area (Å²) < 4.78 is 1.65. The van der Waals surface area contributed by atoms with Crippen molar-refractivity contribution in [3.63, 3.8) is 0 Å². The molecule has 5 heteroatoms. The van der Waals surface area contributed by atoms with E-state index in [2.05, 4.69) is 11.9 Å². The summed E-state index contributed by atoms with van der Waals surface area (Å²) in [6.07, 6.45) is 5.53. The molecule has 1 fully saturated rings. The standard InChI is InChI=1S/C11H18N4O/c1-3-4-9-7-15(10(16)8(9)2)14-6-5-13-11(14)12/h5-6,8-9H,3-4,7H2,1-2H3,(H2,12,13). The molecule has 1 aliphatic heterocycles. The van der Waals surface area contributed by atoms with Crippen LogP contribution in [-0.4, -0.2) is 22.1 Å². The van der Waals surface area contributed by atoms with Gasteiger partial charge in [-0.2, -0.15) is 0 Å². The molecule has 2 unspecified atom stereocenters. The van der Waals surface area contributed by atoms with Crippen molar-refractivity contribution in [2.75, 3.05) is 17.3 Å². The molecule has 5 nitrogen and oxygen atoms in total. The minimum Gasteiger partial charge on any atom is -0.368 e. The van der Waals surface area contributed by atoms with Crippen LogP contribution >= 0.6 is 0 Å². The van der Waals surface area contributed by atoms with Crippen molar-refractivity contribution in [1.29, 1.82) is 0 Å². The SMILES string of the molecule is CCCC1CN(n2ccnc2N)C(=O)C1C. The predicted molar refractivity (Wildman–Crippen MR) is 62.3 cm³/mol. The number of hydrogen-bond acceptors (Lipinski definition) is 3. The summed E-state index contributed by atoms with van der Waals surface area (Å²) >= 11 is 0. The number of nitrogen functional groups attached to an aromatic ring is 1. The van der Waals surface area contributed by atoms with Crippen molar-refractivity contribution in [2.45, 2.75) is 26.7 Å². The molecule has 0 saturated carbocycles. The molecule has 2 atom stereocenters. The van der Waals surface area contributed by atoms with Gasteiger partial charge in [-0.15, -0.1) is 0 Å². The van der Waals surface area contributed by atoms with E-state index in [1.165, 1.54) is 0 Å². The molecule has 1 aliphatic rings. The van der Waals surface area contributed by atoms with Crippen LogP contribution < -0.4 is 10.7 Å². The van der Waals surface area contributed by atoms with Crippen molar-refractivity contribution >= 4 is 11.9 Å². The van der Waals surface area contributed by atoms with Gasteiger partial charge in [-0.05, 0) is 12.3 Å². The Bertz CT molecular complexity index is 387. The van der Waals surface area contributed by atoms with Crippen LogP contribution in [0.3, 0.4) is 0 Å². The van der Waals surface area contributed by atoms with E-state index in [0.717, 1.165) is 19.4 Å². The normalized spacial score (nSPS) is 25.4. The Labute approximate surface area is 95.2 Å². The molecule has 16 heavy (non-hydrogen) atoms. The molecule has 1 saturated heterocycles. The van der Waals surface area contributed by atoms with E-state index in [1.54, 1.807) is 22.1 Å². The van der Waals surface area contributed by atoms with Gasteiger partial charge in [0.05, 0.1) is 0 Å². The Balaban J connectivity index is 2.19. The van der Waals surface area contributed by atoms with Crippen LogP contribution in [0, 0.1) is 11.8 Å². The number of rotatable bonds is 3. The fourth-order valence-electron chi connectivity index (χ4n) is 2.33. The molecule has 2 heterocycles.